The molecule has 0 unspecified atom stereocenters. The van der Waals surface area contributed by atoms with Crippen LogP contribution in [0.5, 0.6) is 5.75 Å². The summed E-state index contributed by atoms with van der Waals surface area (Å²) < 4.78 is 40.8. The highest BCUT2D eigenvalue weighted by Gasteiger charge is 2.31. The summed E-state index contributed by atoms with van der Waals surface area (Å²) in [6, 6.07) is 9.80. The maximum Gasteiger partial charge on any atom is 0.573 e. The molecule has 156 valence electrons. The van der Waals surface area contributed by atoms with E-state index < -0.39 is 6.36 Å². The van der Waals surface area contributed by atoms with Crippen molar-refractivity contribution < 1.29 is 17.9 Å². The van der Waals surface area contributed by atoms with Crippen molar-refractivity contribution in [3.8, 4) is 5.75 Å². The van der Waals surface area contributed by atoms with Gasteiger partial charge in [-0.05, 0) is 36.2 Å². The van der Waals surface area contributed by atoms with E-state index in [9.17, 15) is 13.2 Å². The van der Waals surface area contributed by atoms with Crippen molar-refractivity contribution >= 4 is 11.6 Å². The smallest absolute Gasteiger partial charge is 0.406 e. The SMILES string of the molecule is Cc1ccc(N2CCc3ncnc(NCc4ccc(OC(F)(F)F)cc4)c3C2)nc1. The van der Waals surface area contributed by atoms with Crippen molar-refractivity contribution in [1.82, 2.24) is 15.0 Å². The fourth-order valence-electron chi connectivity index (χ4n) is 3.33. The lowest BCUT2D eigenvalue weighted by Gasteiger charge is -2.30. The van der Waals surface area contributed by atoms with Crippen LogP contribution in [-0.2, 0) is 19.5 Å². The Labute approximate surface area is 171 Å². The molecule has 2 aromatic heterocycles. The number of hydrogen-bond acceptors (Lipinski definition) is 6. The lowest BCUT2D eigenvalue weighted by molar-refractivity contribution is -0.274. The van der Waals surface area contributed by atoms with Crippen LogP contribution in [0.4, 0.5) is 24.8 Å². The van der Waals surface area contributed by atoms with Crippen LogP contribution in [0.15, 0.2) is 48.9 Å². The normalized spacial score (nSPS) is 13.7. The van der Waals surface area contributed by atoms with E-state index >= 15 is 0 Å². The van der Waals surface area contributed by atoms with Crippen molar-refractivity contribution in [2.75, 3.05) is 16.8 Å². The molecule has 0 aliphatic carbocycles. The predicted octanol–water partition coefficient (Wildman–Crippen LogP) is 4.25. The summed E-state index contributed by atoms with van der Waals surface area (Å²) >= 11 is 0. The molecule has 9 heteroatoms. The van der Waals surface area contributed by atoms with Crippen molar-refractivity contribution in [3.05, 3.63) is 71.3 Å². The lowest BCUT2D eigenvalue weighted by Crippen LogP contribution is -2.32. The Morgan fingerprint density at radius 3 is 2.57 bits per heavy atom. The van der Waals surface area contributed by atoms with Gasteiger partial charge >= 0.3 is 6.36 Å². The van der Waals surface area contributed by atoms with Gasteiger partial charge in [-0.25, -0.2) is 15.0 Å². The molecule has 0 saturated heterocycles. The molecule has 0 bridgehead atoms. The van der Waals surface area contributed by atoms with Crippen molar-refractivity contribution in [1.29, 1.82) is 0 Å². The summed E-state index contributed by atoms with van der Waals surface area (Å²) in [4.78, 5) is 15.5. The minimum absolute atomic E-state index is 0.244. The Bertz CT molecular complexity index is 1010. The van der Waals surface area contributed by atoms with Gasteiger partial charge in [-0.2, -0.15) is 0 Å². The second-order valence-corrected chi connectivity index (χ2v) is 7.06. The fraction of sp³-hybridized carbons (Fsp3) is 0.286. The number of rotatable bonds is 5. The van der Waals surface area contributed by atoms with Gasteiger partial charge in [-0.3, -0.25) is 0 Å². The molecular formula is C21H20F3N5O. The first kappa shape index (κ1) is 19.9. The maximum absolute atomic E-state index is 12.3. The molecule has 0 fully saturated rings. The van der Waals surface area contributed by atoms with E-state index in [0.29, 0.717) is 18.9 Å². The third kappa shape index (κ3) is 4.79. The van der Waals surface area contributed by atoms with Gasteiger partial charge in [0.15, 0.2) is 0 Å². The van der Waals surface area contributed by atoms with Gasteiger partial charge in [0.05, 0.1) is 5.69 Å². The number of ether oxygens (including phenoxy) is 1. The van der Waals surface area contributed by atoms with Crippen LogP contribution in [0.2, 0.25) is 0 Å². The number of anilines is 2. The summed E-state index contributed by atoms with van der Waals surface area (Å²) in [6.07, 6.45) is -0.539. The van der Waals surface area contributed by atoms with Gasteiger partial charge in [0.2, 0.25) is 0 Å². The maximum atomic E-state index is 12.3. The van der Waals surface area contributed by atoms with Crippen LogP contribution in [-0.4, -0.2) is 27.9 Å². The number of nitrogens with zero attached hydrogens (tertiary/aromatic N) is 4. The Kier molecular flexibility index (Phi) is 5.43. The van der Waals surface area contributed by atoms with Gasteiger partial charge in [0.25, 0.3) is 0 Å². The van der Waals surface area contributed by atoms with Crippen LogP contribution in [0.3, 0.4) is 0 Å². The Morgan fingerprint density at radius 2 is 1.87 bits per heavy atom. The van der Waals surface area contributed by atoms with E-state index in [4.69, 9.17) is 0 Å². The van der Waals surface area contributed by atoms with Crippen LogP contribution >= 0.6 is 0 Å². The molecule has 1 aliphatic rings. The number of fused-ring (bicyclic) bond motifs is 1. The Hall–Kier alpha value is -3.36. The van der Waals surface area contributed by atoms with E-state index in [2.05, 4.69) is 29.9 Å². The molecule has 1 N–H and O–H groups in total. The first-order chi connectivity index (χ1) is 14.4. The second-order valence-electron chi connectivity index (χ2n) is 7.06. The van der Waals surface area contributed by atoms with E-state index in [1.807, 2.05) is 25.3 Å². The van der Waals surface area contributed by atoms with E-state index in [1.54, 1.807) is 12.1 Å². The Morgan fingerprint density at radius 1 is 1.07 bits per heavy atom. The first-order valence-corrected chi connectivity index (χ1v) is 9.46. The Balaban J connectivity index is 1.45. The van der Waals surface area contributed by atoms with Crippen LogP contribution in [0.1, 0.15) is 22.4 Å². The standard InChI is InChI=1S/C21H20F3N5O/c1-14-2-7-19(25-10-14)29-9-8-18-17(12-29)20(28-13-27-18)26-11-15-3-5-16(6-4-15)30-21(22,23)24/h2-7,10,13H,8-9,11-12H2,1H3,(H,26,27,28). The summed E-state index contributed by atoms with van der Waals surface area (Å²) in [5, 5.41) is 3.28. The zero-order valence-corrected chi connectivity index (χ0v) is 16.3. The number of aryl methyl sites for hydroxylation is 1. The zero-order valence-electron chi connectivity index (χ0n) is 16.3. The molecule has 4 rings (SSSR count). The molecule has 0 saturated carbocycles. The molecule has 0 radical (unpaired) electrons. The summed E-state index contributed by atoms with van der Waals surface area (Å²) in [6.45, 7) is 3.87. The van der Waals surface area contributed by atoms with E-state index in [-0.39, 0.29) is 5.75 Å². The highest BCUT2D eigenvalue weighted by atomic mass is 19.4. The molecular weight excluding hydrogens is 395 g/mol. The lowest BCUT2D eigenvalue weighted by atomic mass is 10.1. The fourth-order valence-corrected chi connectivity index (χ4v) is 3.33. The van der Waals surface area contributed by atoms with E-state index in [0.717, 1.165) is 41.2 Å². The number of benzene rings is 1. The number of alkyl halides is 3. The minimum atomic E-state index is -4.70. The molecule has 0 spiro atoms. The summed E-state index contributed by atoms with van der Waals surface area (Å²) in [5.41, 5.74) is 3.91. The van der Waals surface area contributed by atoms with Gasteiger partial charge in [0, 0.05) is 37.8 Å². The van der Waals surface area contributed by atoms with Gasteiger partial charge in [-0.1, -0.05) is 18.2 Å². The van der Waals surface area contributed by atoms with E-state index in [1.165, 1.54) is 18.5 Å². The molecule has 1 aliphatic heterocycles. The van der Waals surface area contributed by atoms with Crippen LogP contribution in [0, 0.1) is 6.92 Å². The summed E-state index contributed by atoms with van der Waals surface area (Å²) in [7, 11) is 0. The average Bonchev–Trinajstić information content (AvgIpc) is 2.72. The van der Waals surface area contributed by atoms with Gasteiger partial charge in [-0.15, -0.1) is 13.2 Å². The second kappa shape index (κ2) is 8.17. The topological polar surface area (TPSA) is 63.2 Å². The largest absolute Gasteiger partial charge is 0.573 e. The van der Waals surface area contributed by atoms with Crippen molar-refractivity contribution in [2.24, 2.45) is 0 Å². The quantitative estimate of drug-likeness (QED) is 0.672. The van der Waals surface area contributed by atoms with Crippen molar-refractivity contribution in [2.45, 2.75) is 32.8 Å². The predicted molar refractivity (Wildman–Crippen MR) is 106 cm³/mol. The number of pyridine rings is 1. The molecule has 6 nitrogen and oxygen atoms in total. The number of halogens is 3. The minimum Gasteiger partial charge on any atom is -0.406 e. The van der Waals surface area contributed by atoms with Gasteiger partial charge < -0.3 is 15.0 Å². The van der Waals surface area contributed by atoms with Crippen LogP contribution in [0.25, 0.3) is 0 Å². The van der Waals surface area contributed by atoms with Crippen LogP contribution < -0.4 is 15.0 Å². The first-order valence-electron chi connectivity index (χ1n) is 9.46. The van der Waals surface area contributed by atoms with Gasteiger partial charge in [0.1, 0.15) is 23.7 Å². The molecule has 0 atom stereocenters. The number of nitrogens with one attached hydrogen (secondary N) is 1. The number of aromatic nitrogens is 3. The van der Waals surface area contributed by atoms with Crippen molar-refractivity contribution in [3.63, 3.8) is 0 Å². The molecule has 0 amide bonds. The highest BCUT2D eigenvalue weighted by molar-refractivity contribution is 5.52. The molecule has 1 aromatic carbocycles. The third-order valence-corrected chi connectivity index (χ3v) is 4.84. The average molecular weight is 415 g/mol. The third-order valence-electron chi connectivity index (χ3n) is 4.84. The zero-order chi connectivity index (χ0) is 21.1. The molecule has 3 heterocycles. The number of hydrogen-bond donors (Lipinski definition) is 1. The summed E-state index contributed by atoms with van der Waals surface area (Å²) in [5.74, 6) is 1.38. The molecule has 3 aromatic rings. The highest BCUT2D eigenvalue weighted by Crippen LogP contribution is 2.27. The molecule has 30 heavy (non-hydrogen) atoms. The monoisotopic (exact) mass is 415 g/mol.